The standard InChI is InChI=1S/C23H17ClN2O3/c24-20-13-11-18(12-14-20)23(28)26-25-16-19-8-4-5-9-21(19)29-22(27)15-10-17-6-2-1-3-7-17/h1-16H,(H,26,28)/b15-10+,25-16+. The number of hydrogen-bond donors (Lipinski definition) is 1. The second-order valence-electron chi connectivity index (χ2n) is 5.91. The highest BCUT2D eigenvalue weighted by Crippen LogP contribution is 2.16. The van der Waals surface area contributed by atoms with Crippen LogP contribution in [-0.2, 0) is 4.79 Å². The predicted octanol–water partition coefficient (Wildman–Crippen LogP) is 4.72. The van der Waals surface area contributed by atoms with E-state index in [2.05, 4.69) is 10.5 Å². The average Bonchev–Trinajstić information content (AvgIpc) is 2.74. The van der Waals surface area contributed by atoms with Crippen molar-refractivity contribution >= 4 is 35.8 Å². The summed E-state index contributed by atoms with van der Waals surface area (Å²) in [7, 11) is 0. The molecule has 0 aliphatic carbocycles. The second kappa shape index (κ2) is 10.0. The summed E-state index contributed by atoms with van der Waals surface area (Å²) in [4.78, 5) is 24.2. The van der Waals surface area contributed by atoms with Crippen molar-refractivity contribution in [1.29, 1.82) is 0 Å². The Labute approximate surface area is 173 Å². The zero-order valence-corrected chi connectivity index (χ0v) is 16.0. The second-order valence-corrected chi connectivity index (χ2v) is 6.35. The average molecular weight is 405 g/mol. The first-order chi connectivity index (χ1) is 14.1. The number of carbonyl (C=O) groups excluding carboxylic acids is 2. The summed E-state index contributed by atoms with van der Waals surface area (Å²) in [6.07, 6.45) is 4.44. The molecule has 0 fully saturated rings. The Kier molecular flexibility index (Phi) is 6.92. The first kappa shape index (κ1) is 20.0. The van der Waals surface area contributed by atoms with Crippen LogP contribution in [0.3, 0.4) is 0 Å². The Morgan fingerprint density at radius 1 is 0.897 bits per heavy atom. The van der Waals surface area contributed by atoms with Crippen LogP contribution in [0.2, 0.25) is 5.02 Å². The third-order valence-electron chi connectivity index (χ3n) is 3.82. The van der Waals surface area contributed by atoms with Gasteiger partial charge in [-0.3, -0.25) is 4.79 Å². The van der Waals surface area contributed by atoms with Gasteiger partial charge >= 0.3 is 5.97 Å². The molecule has 3 rings (SSSR count). The van der Waals surface area contributed by atoms with Crippen LogP contribution >= 0.6 is 11.6 Å². The van der Waals surface area contributed by atoms with E-state index in [1.807, 2.05) is 30.3 Å². The number of hydrazone groups is 1. The van der Waals surface area contributed by atoms with Gasteiger partial charge in [-0.05, 0) is 48.0 Å². The van der Waals surface area contributed by atoms with E-state index in [1.54, 1.807) is 54.6 Å². The molecule has 6 heteroatoms. The first-order valence-electron chi connectivity index (χ1n) is 8.75. The molecule has 3 aromatic rings. The van der Waals surface area contributed by atoms with Crippen molar-refractivity contribution in [3.63, 3.8) is 0 Å². The number of nitrogens with zero attached hydrogens (tertiary/aromatic N) is 1. The van der Waals surface area contributed by atoms with E-state index in [4.69, 9.17) is 16.3 Å². The van der Waals surface area contributed by atoms with Gasteiger partial charge < -0.3 is 4.74 Å². The van der Waals surface area contributed by atoms with Crippen LogP contribution in [0.25, 0.3) is 6.08 Å². The molecular weight excluding hydrogens is 388 g/mol. The molecule has 0 spiro atoms. The van der Waals surface area contributed by atoms with Crippen LogP contribution in [0.1, 0.15) is 21.5 Å². The maximum absolute atomic E-state index is 12.1. The fourth-order valence-corrected chi connectivity index (χ4v) is 2.50. The van der Waals surface area contributed by atoms with E-state index in [1.165, 1.54) is 12.3 Å². The summed E-state index contributed by atoms with van der Waals surface area (Å²) < 4.78 is 5.38. The Bertz CT molecular complexity index is 1050. The van der Waals surface area contributed by atoms with Gasteiger partial charge in [0, 0.05) is 22.2 Å². The number of para-hydroxylation sites is 1. The van der Waals surface area contributed by atoms with Crippen molar-refractivity contribution in [2.45, 2.75) is 0 Å². The van der Waals surface area contributed by atoms with Gasteiger partial charge in [-0.1, -0.05) is 54.1 Å². The normalized spacial score (nSPS) is 10.9. The maximum atomic E-state index is 12.1. The summed E-state index contributed by atoms with van der Waals surface area (Å²) >= 11 is 5.81. The molecule has 1 N–H and O–H groups in total. The molecule has 3 aromatic carbocycles. The van der Waals surface area contributed by atoms with Crippen molar-refractivity contribution in [1.82, 2.24) is 5.43 Å². The molecule has 29 heavy (non-hydrogen) atoms. The Hall–Kier alpha value is -3.70. The molecule has 0 heterocycles. The molecule has 0 bridgehead atoms. The van der Waals surface area contributed by atoms with Crippen molar-refractivity contribution in [3.8, 4) is 5.75 Å². The fourth-order valence-electron chi connectivity index (χ4n) is 2.38. The van der Waals surface area contributed by atoms with E-state index in [-0.39, 0.29) is 5.91 Å². The lowest BCUT2D eigenvalue weighted by Crippen LogP contribution is -2.17. The molecule has 0 unspecified atom stereocenters. The topological polar surface area (TPSA) is 67.8 Å². The van der Waals surface area contributed by atoms with Crippen LogP contribution in [-0.4, -0.2) is 18.1 Å². The van der Waals surface area contributed by atoms with Crippen LogP contribution < -0.4 is 10.2 Å². The summed E-state index contributed by atoms with van der Waals surface area (Å²) in [5.74, 6) is -0.558. The number of benzene rings is 3. The molecule has 5 nitrogen and oxygen atoms in total. The van der Waals surface area contributed by atoms with E-state index in [0.29, 0.717) is 21.9 Å². The Balaban J connectivity index is 1.63. The minimum atomic E-state index is -0.514. The molecule has 0 saturated heterocycles. The number of esters is 1. The van der Waals surface area contributed by atoms with Gasteiger partial charge in [0.15, 0.2) is 0 Å². The first-order valence-corrected chi connectivity index (χ1v) is 9.12. The van der Waals surface area contributed by atoms with Crippen LogP contribution in [0, 0.1) is 0 Å². The lowest BCUT2D eigenvalue weighted by atomic mass is 10.2. The molecular formula is C23H17ClN2O3. The minimum absolute atomic E-state index is 0.333. The molecule has 0 aromatic heterocycles. The van der Waals surface area contributed by atoms with Crippen molar-refractivity contribution in [3.05, 3.63) is 107 Å². The Morgan fingerprint density at radius 3 is 2.34 bits per heavy atom. The maximum Gasteiger partial charge on any atom is 0.336 e. The van der Waals surface area contributed by atoms with Crippen LogP contribution in [0.5, 0.6) is 5.75 Å². The molecule has 0 atom stereocenters. The van der Waals surface area contributed by atoms with Gasteiger partial charge in [-0.25, -0.2) is 10.2 Å². The lowest BCUT2D eigenvalue weighted by molar-refractivity contribution is -0.128. The molecule has 0 aliphatic rings. The van der Waals surface area contributed by atoms with Gasteiger partial charge in [0.1, 0.15) is 5.75 Å². The van der Waals surface area contributed by atoms with E-state index in [0.717, 1.165) is 5.56 Å². The number of carbonyl (C=O) groups is 2. The summed E-state index contributed by atoms with van der Waals surface area (Å²) in [6, 6.07) is 22.8. The van der Waals surface area contributed by atoms with Crippen LogP contribution in [0.4, 0.5) is 0 Å². The van der Waals surface area contributed by atoms with Gasteiger partial charge in [0.05, 0.1) is 6.21 Å². The third kappa shape index (κ3) is 6.16. The van der Waals surface area contributed by atoms with E-state index < -0.39 is 5.97 Å². The molecule has 144 valence electrons. The molecule has 0 radical (unpaired) electrons. The fraction of sp³-hybridized carbons (Fsp3) is 0. The third-order valence-corrected chi connectivity index (χ3v) is 4.07. The van der Waals surface area contributed by atoms with Crippen molar-refractivity contribution in [2.24, 2.45) is 5.10 Å². The van der Waals surface area contributed by atoms with Crippen molar-refractivity contribution in [2.75, 3.05) is 0 Å². The van der Waals surface area contributed by atoms with E-state index in [9.17, 15) is 9.59 Å². The SMILES string of the molecule is O=C(/C=C/c1ccccc1)Oc1ccccc1/C=N/NC(=O)c1ccc(Cl)cc1. The largest absolute Gasteiger partial charge is 0.423 e. The molecule has 0 aliphatic heterocycles. The predicted molar refractivity (Wildman–Crippen MR) is 114 cm³/mol. The number of halogens is 1. The lowest BCUT2D eigenvalue weighted by Gasteiger charge is -2.05. The summed E-state index contributed by atoms with van der Waals surface area (Å²) in [5.41, 5.74) is 4.29. The highest BCUT2D eigenvalue weighted by Gasteiger charge is 2.06. The molecule has 1 amide bonds. The summed E-state index contributed by atoms with van der Waals surface area (Å²) in [5, 5.41) is 4.48. The van der Waals surface area contributed by atoms with Gasteiger partial charge in [-0.15, -0.1) is 0 Å². The van der Waals surface area contributed by atoms with Gasteiger partial charge in [-0.2, -0.15) is 5.10 Å². The number of hydrogen-bond acceptors (Lipinski definition) is 4. The van der Waals surface area contributed by atoms with Crippen LogP contribution in [0.15, 0.2) is 90.0 Å². The monoisotopic (exact) mass is 404 g/mol. The van der Waals surface area contributed by atoms with E-state index >= 15 is 0 Å². The van der Waals surface area contributed by atoms with Crippen molar-refractivity contribution < 1.29 is 14.3 Å². The quantitative estimate of drug-likeness (QED) is 0.212. The highest BCUT2D eigenvalue weighted by atomic mass is 35.5. The zero-order valence-electron chi connectivity index (χ0n) is 15.3. The number of nitrogens with one attached hydrogen (secondary N) is 1. The number of ether oxygens (including phenoxy) is 1. The Morgan fingerprint density at radius 2 is 1.59 bits per heavy atom. The zero-order chi connectivity index (χ0) is 20.5. The number of rotatable bonds is 6. The smallest absolute Gasteiger partial charge is 0.336 e. The van der Waals surface area contributed by atoms with Gasteiger partial charge in [0.2, 0.25) is 0 Å². The van der Waals surface area contributed by atoms with Gasteiger partial charge in [0.25, 0.3) is 5.91 Å². The highest BCUT2D eigenvalue weighted by molar-refractivity contribution is 6.30. The minimum Gasteiger partial charge on any atom is -0.423 e. The summed E-state index contributed by atoms with van der Waals surface area (Å²) in [6.45, 7) is 0. The molecule has 0 saturated carbocycles. The number of amides is 1.